The molecule has 7 nitrogen and oxygen atoms in total. The predicted molar refractivity (Wildman–Crippen MR) is 88.8 cm³/mol. The Morgan fingerprint density at radius 1 is 0.800 bits per heavy atom. The number of hydrogen-bond donors (Lipinski definition) is 0. The molecule has 3 saturated heterocycles. The third-order valence-corrected chi connectivity index (χ3v) is 5.08. The Morgan fingerprint density at radius 2 is 1.24 bits per heavy atom. The van der Waals surface area contributed by atoms with Gasteiger partial charge in [-0.05, 0) is 25.7 Å². The van der Waals surface area contributed by atoms with Crippen LogP contribution in [0, 0.1) is 0 Å². The van der Waals surface area contributed by atoms with Crippen molar-refractivity contribution in [3.8, 4) is 0 Å². The molecule has 2 amide bonds. The number of hydrogen-bond acceptors (Lipinski definition) is 6. The van der Waals surface area contributed by atoms with E-state index in [0.717, 1.165) is 38.9 Å². The standard InChI is InChI=1S/C18H30NO6/c20-17-5-6-18(21)19(17,7-1-3-9-22-11-15-13-24-15)8-2-4-10-23-12-16-14-25-16/h15-16H,1-14H2/q+1. The van der Waals surface area contributed by atoms with Gasteiger partial charge in [-0.3, -0.25) is 0 Å². The minimum absolute atomic E-state index is 0.0392. The van der Waals surface area contributed by atoms with E-state index in [2.05, 4.69) is 0 Å². The quantitative estimate of drug-likeness (QED) is 0.200. The maximum absolute atomic E-state index is 12.4. The number of unbranched alkanes of at least 4 members (excludes halogenated alkanes) is 2. The fraction of sp³-hybridized carbons (Fsp3) is 0.889. The molecule has 3 aliphatic heterocycles. The van der Waals surface area contributed by atoms with Gasteiger partial charge in [0.05, 0.1) is 52.4 Å². The van der Waals surface area contributed by atoms with Crippen molar-refractivity contribution in [1.29, 1.82) is 0 Å². The molecule has 0 spiro atoms. The summed E-state index contributed by atoms with van der Waals surface area (Å²) in [6, 6.07) is 0. The Morgan fingerprint density at radius 3 is 1.64 bits per heavy atom. The molecular formula is C18H30NO6+. The van der Waals surface area contributed by atoms with Crippen LogP contribution < -0.4 is 0 Å². The Kier molecular flexibility index (Phi) is 6.95. The van der Waals surface area contributed by atoms with E-state index >= 15 is 0 Å². The summed E-state index contributed by atoms with van der Waals surface area (Å²) in [6.07, 6.45) is 4.77. The summed E-state index contributed by atoms with van der Waals surface area (Å²) >= 11 is 0. The van der Waals surface area contributed by atoms with Gasteiger partial charge in [-0.2, -0.15) is 4.48 Å². The van der Waals surface area contributed by atoms with E-state index in [1.165, 1.54) is 0 Å². The number of amides is 2. The zero-order valence-electron chi connectivity index (χ0n) is 15.0. The highest BCUT2D eigenvalue weighted by atomic mass is 16.6. The van der Waals surface area contributed by atoms with E-state index < -0.39 is 0 Å². The minimum Gasteiger partial charge on any atom is -0.379 e. The number of imide groups is 1. The maximum Gasteiger partial charge on any atom is 0.321 e. The largest absolute Gasteiger partial charge is 0.379 e. The zero-order valence-corrected chi connectivity index (χ0v) is 15.0. The van der Waals surface area contributed by atoms with Crippen molar-refractivity contribution in [2.75, 3.05) is 52.7 Å². The average Bonchev–Trinajstić information content (AvgIpc) is 3.51. The van der Waals surface area contributed by atoms with Gasteiger partial charge in [-0.25, -0.2) is 9.59 Å². The topological polar surface area (TPSA) is 77.7 Å². The van der Waals surface area contributed by atoms with Gasteiger partial charge in [0.2, 0.25) is 0 Å². The van der Waals surface area contributed by atoms with Crippen LogP contribution in [0.1, 0.15) is 38.5 Å². The maximum atomic E-state index is 12.4. The lowest BCUT2D eigenvalue weighted by molar-refractivity contribution is -0.774. The molecule has 0 aromatic rings. The molecule has 3 fully saturated rings. The summed E-state index contributed by atoms with van der Waals surface area (Å²) in [6.45, 7) is 5.47. The first-order chi connectivity index (χ1) is 12.2. The smallest absolute Gasteiger partial charge is 0.321 e. The molecule has 0 aromatic heterocycles. The first-order valence-corrected chi connectivity index (χ1v) is 9.53. The summed E-state index contributed by atoms with van der Waals surface area (Å²) in [4.78, 5) is 24.8. The van der Waals surface area contributed by atoms with Gasteiger partial charge >= 0.3 is 11.8 Å². The second-order valence-corrected chi connectivity index (χ2v) is 7.18. The number of rotatable bonds is 14. The molecule has 3 rings (SSSR count). The molecule has 0 aromatic carbocycles. The Bertz CT molecular complexity index is 418. The Labute approximate surface area is 149 Å². The van der Waals surface area contributed by atoms with Crippen LogP contribution in [0.2, 0.25) is 0 Å². The van der Waals surface area contributed by atoms with Crippen LogP contribution in [0.15, 0.2) is 0 Å². The lowest BCUT2D eigenvalue weighted by Gasteiger charge is -2.29. The van der Waals surface area contributed by atoms with Crippen LogP contribution in [-0.2, 0) is 28.5 Å². The molecule has 0 radical (unpaired) electrons. The van der Waals surface area contributed by atoms with Crippen LogP contribution >= 0.6 is 0 Å². The van der Waals surface area contributed by atoms with Crippen LogP contribution in [0.25, 0.3) is 0 Å². The zero-order chi connectivity index (χ0) is 17.5. The van der Waals surface area contributed by atoms with Gasteiger partial charge < -0.3 is 18.9 Å². The monoisotopic (exact) mass is 356 g/mol. The summed E-state index contributed by atoms with van der Waals surface area (Å²) in [5.41, 5.74) is 0. The molecule has 2 unspecified atom stereocenters. The van der Waals surface area contributed by atoms with Gasteiger partial charge in [-0.15, -0.1) is 0 Å². The molecule has 25 heavy (non-hydrogen) atoms. The molecule has 0 N–H and O–H groups in total. The van der Waals surface area contributed by atoms with Gasteiger partial charge in [0.1, 0.15) is 12.2 Å². The molecule has 2 atom stereocenters. The molecule has 3 aliphatic rings. The summed E-state index contributed by atoms with van der Waals surface area (Å²) in [5.74, 6) is 0.175. The number of likely N-dealkylation sites (tertiary alicyclic amines) is 1. The summed E-state index contributed by atoms with van der Waals surface area (Å²) < 4.78 is 21.3. The highest BCUT2D eigenvalue weighted by molar-refractivity contribution is 5.91. The number of carbonyl (C=O) groups is 2. The van der Waals surface area contributed by atoms with Gasteiger partial charge in [-0.1, -0.05) is 0 Å². The summed E-state index contributed by atoms with van der Waals surface area (Å²) in [5, 5.41) is 0. The highest BCUT2D eigenvalue weighted by Crippen LogP contribution is 2.25. The fourth-order valence-corrected chi connectivity index (χ4v) is 3.32. The molecule has 0 saturated carbocycles. The number of nitrogens with zero attached hydrogens (tertiary/aromatic N) is 1. The van der Waals surface area contributed by atoms with Gasteiger partial charge in [0.25, 0.3) is 0 Å². The number of carbonyl (C=O) groups excluding carboxylic acids is 2. The molecule has 0 aliphatic carbocycles. The second kappa shape index (κ2) is 9.19. The van der Waals surface area contributed by atoms with Gasteiger partial charge in [0, 0.05) is 13.2 Å². The molecule has 7 heteroatoms. The van der Waals surface area contributed by atoms with E-state index in [0.29, 0.717) is 52.4 Å². The molecule has 3 heterocycles. The first-order valence-electron chi connectivity index (χ1n) is 9.53. The minimum atomic E-state index is 0.0392. The van der Waals surface area contributed by atoms with Crippen molar-refractivity contribution in [3.63, 3.8) is 0 Å². The van der Waals surface area contributed by atoms with Crippen molar-refractivity contribution >= 4 is 11.8 Å². The normalized spacial score (nSPS) is 27.0. The Hall–Kier alpha value is -0.860. The number of ether oxygens (including phenoxy) is 4. The van der Waals surface area contributed by atoms with E-state index in [1.54, 1.807) is 0 Å². The van der Waals surface area contributed by atoms with Crippen LogP contribution in [0.5, 0.6) is 0 Å². The number of epoxide rings is 2. The van der Waals surface area contributed by atoms with E-state index in [9.17, 15) is 9.59 Å². The van der Waals surface area contributed by atoms with Crippen LogP contribution in [-0.4, -0.2) is 81.2 Å². The average molecular weight is 356 g/mol. The van der Waals surface area contributed by atoms with E-state index in [1.807, 2.05) is 0 Å². The molecule has 0 bridgehead atoms. The lowest BCUT2D eigenvalue weighted by atomic mass is 10.2. The van der Waals surface area contributed by atoms with Crippen molar-refractivity contribution in [2.24, 2.45) is 0 Å². The van der Waals surface area contributed by atoms with Crippen molar-refractivity contribution in [2.45, 2.75) is 50.7 Å². The molecular weight excluding hydrogens is 326 g/mol. The van der Waals surface area contributed by atoms with Gasteiger partial charge in [0.15, 0.2) is 0 Å². The van der Waals surface area contributed by atoms with Crippen LogP contribution in [0.3, 0.4) is 0 Å². The van der Waals surface area contributed by atoms with Crippen molar-refractivity contribution < 1.29 is 33.0 Å². The van der Waals surface area contributed by atoms with E-state index in [4.69, 9.17) is 18.9 Å². The van der Waals surface area contributed by atoms with Crippen LogP contribution in [0.4, 0.5) is 0 Å². The first kappa shape index (κ1) is 18.9. The van der Waals surface area contributed by atoms with E-state index in [-0.39, 0.29) is 28.5 Å². The third-order valence-electron chi connectivity index (χ3n) is 5.08. The number of quaternary nitrogens is 1. The SMILES string of the molecule is O=C1CCC(=O)[N+]1(CCCCOCC1CO1)CCCCOCC1CO1. The molecule has 142 valence electrons. The van der Waals surface area contributed by atoms with Crippen molar-refractivity contribution in [1.82, 2.24) is 0 Å². The lowest BCUT2D eigenvalue weighted by Crippen LogP contribution is -2.53. The second-order valence-electron chi connectivity index (χ2n) is 7.18. The third kappa shape index (κ3) is 5.82. The fourth-order valence-electron chi connectivity index (χ4n) is 3.32. The summed E-state index contributed by atoms with van der Waals surface area (Å²) in [7, 11) is 0. The van der Waals surface area contributed by atoms with Crippen molar-refractivity contribution in [3.05, 3.63) is 0 Å². The Balaban J connectivity index is 1.33. The predicted octanol–water partition coefficient (Wildman–Crippen LogP) is 1.04. The highest BCUT2D eigenvalue weighted by Gasteiger charge is 2.48.